The van der Waals surface area contributed by atoms with E-state index < -0.39 is 29.2 Å². The standard InChI is InChI=1S/C20H16F4N2O2/c21-14-3-1-2-12(8-14)13-9-15(20(22,23)24)18-25-17(19(27)28)16(26(18)10-13)7-6-11-4-5-11/h1-3,8-11H,4-7H2,(H,27,28). The first kappa shape index (κ1) is 18.5. The van der Waals surface area contributed by atoms with Crippen LogP contribution in [-0.2, 0) is 12.6 Å². The number of aromatic nitrogens is 2. The van der Waals surface area contributed by atoms with E-state index in [0.717, 1.165) is 25.0 Å². The Kier molecular flexibility index (Phi) is 4.36. The molecular formula is C20H16F4N2O2. The maximum atomic E-state index is 13.7. The van der Waals surface area contributed by atoms with Crippen molar-refractivity contribution < 1.29 is 27.5 Å². The Balaban J connectivity index is 1.96. The second kappa shape index (κ2) is 6.61. The van der Waals surface area contributed by atoms with E-state index in [-0.39, 0.29) is 22.5 Å². The Labute approximate surface area is 157 Å². The van der Waals surface area contributed by atoms with Gasteiger partial charge in [-0.05, 0) is 48.1 Å². The Bertz CT molecular complexity index is 1070. The Morgan fingerprint density at radius 1 is 1.21 bits per heavy atom. The first-order valence-electron chi connectivity index (χ1n) is 8.85. The number of imidazole rings is 1. The zero-order chi connectivity index (χ0) is 20.1. The fourth-order valence-electron chi connectivity index (χ4n) is 3.38. The van der Waals surface area contributed by atoms with Crippen LogP contribution in [0.5, 0.6) is 0 Å². The number of carboxylic acid groups (broad SMARTS) is 1. The summed E-state index contributed by atoms with van der Waals surface area (Å²) in [5.74, 6) is -1.47. The van der Waals surface area contributed by atoms with Crippen LogP contribution >= 0.6 is 0 Å². The summed E-state index contributed by atoms with van der Waals surface area (Å²) < 4.78 is 55.8. The first-order chi connectivity index (χ1) is 13.2. The van der Waals surface area contributed by atoms with Crippen LogP contribution in [0.1, 0.15) is 41.0 Å². The van der Waals surface area contributed by atoms with Crippen molar-refractivity contribution in [2.45, 2.75) is 31.9 Å². The number of halogens is 4. The predicted octanol–water partition coefficient (Wildman–Crippen LogP) is 5.20. The van der Waals surface area contributed by atoms with E-state index in [1.807, 2.05) is 0 Å². The van der Waals surface area contributed by atoms with Crippen LogP contribution in [0.15, 0.2) is 36.5 Å². The highest BCUT2D eigenvalue weighted by atomic mass is 19.4. The molecule has 4 rings (SSSR count). The number of aromatic carboxylic acids is 1. The van der Waals surface area contributed by atoms with E-state index in [0.29, 0.717) is 18.8 Å². The average Bonchev–Trinajstić information content (AvgIpc) is 3.37. The van der Waals surface area contributed by atoms with E-state index in [9.17, 15) is 27.5 Å². The van der Waals surface area contributed by atoms with Gasteiger partial charge in [-0.25, -0.2) is 14.2 Å². The molecule has 0 saturated heterocycles. The van der Waals surface area contributed by atoms with Gasteiger partial charge in [0.25, 0.3) is 0 Å². The number of hydrogen-bond donors (Lipinski definition) is 1. The number of pyridine rings is 1. The molecule has 1 fully saturated rings. The normalized spacial score (nSPS) is 14.6. The molecule has 1 aliphatic carbocycles. The van der Waals surface area contributed by atoms with Gasteiger partial charge in [-0.3, -0.25) is 0 Å². The fourth-order valence-corrected chi connectivity index (χ4v) is 3.38. The van der Waals surface area contributed by atoms with Gasteiger partial charge in [-0.2, -0.15) is 13.2 Å². The number of alkyl halides is 3. The molecule has 0 atom stereocenters. The van der Waals surface area contributed by atoms with E-state index in [1.165, 1.54) is 28.8 Å². The smallest absolute Gasteiger partial charge is 0.420 e. The van der Waals surface area contributed by atoms with Crippen molar-refractivity contribution >= 4 is 11.6 Å². The largest absolute Gasteiger partial charge is 0.476 e. The highest BCUT2D eigenvalue weighted by Gasteiger charge is 2.36. The monoisotopic (exact) mass is 392 g/mol. The molecule has 0 radical (unpaired) electrons. The van der Waals surface area contributed by atoms with E-state index in [4.69, 9.17) is 0 Å². The summed E-state index contributed by atoms with van der Waals surface area (Å²) in [5.41, 5.74) is -1.22. The van der Waals surface area contributed by atoms with Crippen molar-refractivity contribution in [3.05, 3.63) is 59.3 Å². The zero-order valence-electron chi connectivity index (χ0n) is 14.6. The van der Waals surface area contributed by atoms with Gasteiger partial charge in [0.1, 0.15) is 11.5 Å². The van der Waals surface area contributed by atoms with Crippen LogP contribution in [0, 0.1) is 11.7 Å². The summed E-state index contributed by atoms with van der Waals surface area (Å²) in [7, 11) is 0. The molecule has 0 bridgehead atoms. The maximum Gasteiger partial charge on any atom is 0.420 e. The van der Waals surface area contributed by atoms with Crippen molar-refractivity contribution in [1.82, 2.24) is 9.38 Å². The molecule has 0 amide bonds. The lowest BCUT2D eigenvalue weighted by Gasteiger charge is -2.13. The fraction of sp³-hybridized carbons (Fsp3) is 0.300. The summed E-state index contributed by atoms with van der Waals surface area (Å²) in [6, 6.07) is 6.14. The lowest BCUT2D eigenvalue weighted by molar-refractivity contribution is -0.136. The summed E-state index contributed by atoms with van der Waals surface area (Å²) in [5, 5.41) is 9.46. The Hall–Kier alpha value is -2.90. The van der Waals surface area contributed by atoms with Crippen molar-refractivity contribution in [1.29, 1.82) is 0 Å². The molecule has 28 heavy (non-hydrogen) atoms. The van der Waals surface area contributed by atoms with Gasteiger partial charge in [0.05, 0.1) is 11.3 Å². The molecule has 0 unspecified atom stereocenters. The number of aryl methyl sites for hydroxylation is 1. The first-order valence-corrected chi connectivity index (χ1v) is 8.85. The van der Waals surface area contributed by atoms with Gasteiger partial charge in [0.2, 0.25) is 0 Å². The van der Waals surface area contributed by atoms with Crippen molar-refractivity contribution in [2.75, 3.05) is 0 Å². The number of fused-ring (bicyclic) bond motifs is 1. The molecule has 1 N–H and O–H groups in total. The molecule has 1 aliphatic rings. The Morgan fingerprint density at radius 2 is 1.96 bits per heavy atom. The summed E-state index contributed by atoms with van der Waals surface area (Å²) in [4.78, 5) is 15.4. The zero-order valence-corrected chi connectivity index (χ0v) is 14.6. The minimum atomic E-state index is -4.74. The van der Waals surface area contributed by atoms with Crippen LogP contribution in [0.2, 0.25) is 0 Å². The van der Waals surface area contributed by atoms with Crippen molar-refractivity contribution in [3.63, 3.8) is 0 Å². The minimum absolute atomic E-state index is 0.140. The lowest BCUT2D eigenvalue weighted by Crippen LogP contribution is -2.09. The molecule has 1 saturated carbocycles. The van der Waals surface area contributed by atoms with Crippen LogP contribution in [0.4, 0.5) is 17.6 Å². The average molecular weight is 392 g/mol. The van der Waals surface area contributed by atoms with Crippen molar-refractivity contribution in [3.8, 4) is 11.1 Å². The second-order valence-corrected chi connectivity index (χ2v) is 7.04. The number of nitrogens with zero attached hydrogens (tertiary/aromatic N) is 2. The number of carboxylic acids is 1. The SMILES string of the molecule is O=C(O)c1nc2c(C(F)(F)F)cc(-c3cccc(F)c3)cn2c1CCC1CC1. The molecule has 8 heteroatoms. The third-order valence-electron chi connectivity index (χ3n) is 4.97. The van der Waals surface area contributed by atoms with E-state index in [2.05, 4.69) is 4.98 Å². The lowest BCUT2D eigenvalue weighted by atomic mass is 10.0. The minimum Gasteiger partial charge on any atom is -0.476 e. The molecule has 2 aromatic heterocycles. The molecule has 3 aromatic rings. The van der Waals surface area contributed by atoms with Gasteiger partial charge in [-0.1, -0.05) is 25.0 Å². The van der Waals surface area contributed by atoms with Crippen molar-refractivity contribution in [2.24, 2.45) is 5.92 Å². The van der Waals surface area contributed by atoms with Crippen LogP contribution in [0.25, 0.3) is 16.8 Å². The molecule has 0 spiro atoms. The Morgan fingerprint density at radius 3 is 2.57 bits per heavy atom. The van der Waals surface area contributed by atoms with Crippen LogP contribution < -0.4 is 0 Å². The van der Waals surface area contributed by atoms with Crippen LogP contribution in [-0.4, -0.2) is 20.5 Å². The van der Waals surface area contributed by atoms with E-state index in [1.54, 1.807) is 0 Å². The van der Waals surface area contributed by atoms with Gasteiger partial charge >= 0.3 is 12.1 Å². The molecular weight excluding hydrogens is 376 g/mol. The maximum absolute atomic E-state index is 13.7. The molecule has 1 aromatic carbocycles. The number of hydrogen-bond acceptors (Lipinski definition) is 2. The molecule has 0 aliphatic heterocycles. The third kappa shape index (κ3) is 3.46. The van der Waals surface area contributed by atoms with Crippen LogP contribution in [0.3, 0.4) is 0 Å². The highest BCUT2D eigenvalue weighted by molar-refractivity contribution is 5.88. The number of rotatable bonds is 5. The molecule has 4 nitrogen and oxygen atoms in total. The van der Waals surface area contributed by atoms with Gasteiger partial charge < -0.3 is 9.51 Å². The summed E-state index contributed by atoms with van der Waals surface area (Å²) in [6.45, 7) is 0. The quantitative estimate of drug-likeness (QED) is 0.607. The molecule has 2 heterocycles. The predicted molar refractivity (Wildman–Crippen MR) is 93.6 cm³/mol. The number of carbonyl (C=O) groups is 1. The van der Waals surface area contributed by atoms with Gasteiger partial charge in [-0.15, -0.1) is 0 Å². The second-order valence-electron chi connectivity index (χ2n) is 7.04. The third-order valence-corrected chi connectivity index (χ3v) is 4.97. The van der Waals surface area contributed by atoms with Gasteiger partial charge in [0.15, 0.2) is 5.69 Å². The molecule has 146 valence electrons. The van der Waals surface area contributed by atoms with Gasteiger partial charge in [0, 0.05) is 6.20 Å². The topological polar surface area (TPSA) is 54.6 Å². The van der Waals surface area contributed by atoms with E-state index >= 15 is 0 Å². The summed E-state index contributed by atoms with van der Waals surface area (Å²) >= 11 is 0. The highest BCUT2D eigenvalue weighted by Crippen LogP contribution is 2.38. The number of benzene rings is 1. The summed E-state index contributed by atoms with van der Waals surface area (Å²) in [6.07, 6.45) is -0.236.